The van der Waals surface area contributed by atoms with Crippen LogP contribution in [-0.4, -0.2) is 10.2 Å². The highest BCUT2D eigenvalue weighted by atomic mass is 32.1. The van der Waals surface area contributed by atoms with E-state index < -0.39 is 0 Å². The molecule has 5 rings (SSSR count). The van der Waals surface area contributed by atoms with Crippen LogP contribution < -0.4 is 10.1 Å². The van der Waals surface area contributed by atoms with Crippen LogP contribution in [0.25, 0.3) is 21.2 Å². The van der Waals surface area contributed by atoms with Gasteiger partial charge in [-0.2, -0.15) is 5.10 Å². The van der Waals surface area contributed by atoms with E-state index in [1.807, 2.05) is 42.5 Å². The van der Waals surface area contributed by atoms with Crippen molar-refractivity contribution in [1.29, 1.82) is 0 Å². The summed E-state index contributed by atoms with van der Waals surface area (Å²) >= 11 is 1.81. The molecule has 1 atom stereocenters. The van der Waals surface area contributed by atoms with Gasteiger partial charge in [0.2, 0.25) is 0 Å². The molecule has 1 N–H and O–H groups in total. The molecule has 0 spiro atoms. The van der Waals surface area contributed by atoms with Crippen LogP contribution in [0.1, 0.15) is 34.7 Å². The monoisotopic (exact) mass is 465 g/mol. The standard InChI is InChI=1S/C29H27N3OS/c1-19-9-7-8-12-24(19)28-16-15-27(34-28)21(3)30-29-26-17-23(13-14-25(26)20(2)31-32-29)33-18-22-10-5-4-6-11-22/h4-17,21H,18H2,1-3H3,(H,30,32)/t21-/m1/s1. The molecular weight excluding hydrogens is 438 g/mol. The van der Waals surface area contributed by atoms with E-state index in [4.69, 9.17) is 4.74 Å². The number of fused-ring (bicyclic) bond motifs is 1. The molecule has 34 heavy (non-hydrogen) atoms. The summed E-state index contributed by atoms with van der Waals surface area (Å²) in [6.45, 7) is 6.83. The number of hydrogen-bond donors (Lipinski definition) is 1. The first-order valence-corrected chi connectivity index (χ1v) is 12.3. The van der Waals surface area contributed by atoms with Gasteiger partial charge in [-0.15, -0.1) is 16.4 Å². The summed E-state index contributed by atoms with van der Waals surface area (Å²) in [4.78, 5) is 2.53. The zero-order chi connectivity index (χ0) is 23.5. The van der Waals surface area contributed by atoms with Crippen molar-refractivity contribution < 1.29 is 4.74 Å². The molecule has 0 bridgehead atoms. The predicted octanol–water partition coefficient (Wildman–Crippen LogP) is 7.73. The van der Waals surface area contributed by atoms with Crippen LogP contribution in [0.4, 0.5) is 5.82 Å². The van der Waals surface area contributed by atoms with Crippen LogP contribution in [0.5, 0.6) is 5.75 Å². The van der Waals surface area contributed by atoms with E-state index in [2.05, 4.69) is 90.0 Å². The quantitative estimate of drug-likeness (QED) is 0.267. The normalized spacial score (nSPS) is 12.0. The summed E-state index contributed by atoms with van der Waals surface area (Å²) in [7, 11) is 0. The number of nitrogens with zero attached hydrogens (tertiary/aromatic N) is 2. The maximum Gasteiger partial charge on any atom is 0.157 e. The van der Waals surface area contributed by atoms with Crippen LogP contribution in [-0.2, 0) is 6.61 Å². The second-order valence-electron chi connectivity index (χ2n) is 8.50. The van der Waals surface area contributed by atoms with Crippen molar-refractivity contribution in [2.75, 3.05) is 5.32 Å². The number of thiophene rings is 1. The third kappa shape index (κ3) is 4.66. The Morgan fingerprint density at radius 1 is 0.853 bits per heavy atom. The summed E-state index contributed by atoms with van der Waals surface area (Å²) in [6.07, 6.45) is 0. The van der Waals surface area contributed by atoms with Gasteiger partial charge in [-0.3, -0.25) is 0 Å². The molecule has 0 saturated heterocycles. The first kappa shape index (κ1) is 22.1. The van der Waals surface area contributed by atoms with Gasteiger partial charge in [0.25, 0.3) is 0 Å². The van der Waals surface area contributed by atoms with E-state index in [0.29, 0.717) is 6.61 Å². The van der Waals surface area contributed by atoms with E-state index >= 15 is 0 Å². The van der Waals surface area contributed by atoms with Crippen LogP contribution in [0.15, 0.2) is 84.9 Å². The van der Waals surface area contributed by atoms with Gasteiger partial charge in [-0.25, -0.2) is 0 Å². The molecule has 0 unspecified atom stereocenters. The van der Waals surface area contributed by atoms with Gasteiger partial charge in [0.05, 0.1) is 11.7 Å². The number of rotatable bonds is 7. The predicted molar refractivity (Wildman–Crippen MR) is 142 cm³/mol. The van der Waals surface area contributed by atoms with Crippen molar-refractivity contribution in [3.8, 4) is 16.2 Å². The topological polar surface area (TPSA) is 47.0 Å². The molecule has 0 radical (unpaired) electrons. The minimum atomic E-state index is 0.0943. The van der Waals surface area contributed by atoms with Crippen molar-refractivity contribution in [1.82, 2.24) is 10.2 Å². The lowest BCUT2D eigenvalue weighted by atomic mass is 10.1. The highest BCUT2D eigenvalue weighted by Crippen LogP contribution is 2.35. The molecule has 0 saturated carbocycles. The molecule has 0 fully saturated rings. The van der Waals surface area contributed by atoms with Gasteiger partial charge >= 0.3 is 0 Å². The van der Waals surface area contributed by atoms with Crippen molar-refractivity contribution in [2.24, 2.45) is 0 Å². The van der Waals surface area contributed by atoms with Crippen molar-refractivity contribution >= 4 is 27.9 Å². The smallest absolute Gasteiger partial charge is 0.157 e. The highest BCUT2D eigenvalue weighted by Gasteiger charge is 2.15. The van der Waals surface area contributed by atoms with Gasteiger partial charge in [0.15, 0.2) is 5.82 Å². The second-order valence-corrected chi connectivity index (χ2v) is 9.61. The van der Waals surface area contributed by atoms with E-state index in [0.717, 1.165) is 33.6 Å². The SMILES string of the molecule is Cc1ccccc1-c1ccc([C@@H](C)Nc2nnc(C)c3ccc(OCc4ccccc4)cc23)s1. The van der Waals surface area contributed by atoms with E-state index in [-0.39, 0.29) is 6.04 Å². The summed E-state index contributed by atoms with van der Waals surface area (Å²) in [6, 6.07) is 29.3. The van der Waals surface area contributed by atoms with Crippen molar-refractivity contribution in [2.45, 2.75) is 33.4 Å². The van der Waals surface area contributed by atoms with Crippen LogP contribution >= 0.6 is 11.3 Å². The Morgan fingerprint density at radius 3 is 2.47 bits per heavy atom. The lowest BCUT2D eigenvalue weighted by Gasteiger charge is -2.16. The molecule has 4 nitrogen and oxygen atoms in total. The van der Waals surface area contributed by atoms with E-state index in [9.17, 15) is 0 Å². The van der Waals surface area contributed by atoms with Gasteiger partial charge < -0.3 is 10.1 Å². The first-order valence-electron chi connectivity index (χ1n) is 11.4. The summed E-state index contributed by atoms with van der Waals surface area (Å²) in [5.41, 5.74) is 4.61. The number of aryl methyl sites for hydroxylation is 2. The van der Waals surface area contributed by atoms with E-state index in [1.165, 1.54) is 20.9 Å². The van der Waals surface area contributed by atoms with Crippen LogP contribution in [0, 0.1) is 13.8 Å². The highest BCUT2D eigenvalue weighted by molar-refractivity contribution is 7.15. The molecule has 0 amide bonds. The molecule has 170 valence electrons. The number of benzene rings is 3. The fourth-order valence-electron chi connectivity index (χ4n) is 4.06. The fourth-order valence-corrected chi connectivity index (χ4v) is 5.16. The number of anilines is 1. The van der Waals surface area contributed by atoms with Gasteiger partial charge in [0.1, 0.15) is 12.4 Å². The molecular formula is C29H27N3OS. The Kier molecular flexibility index (Phi) is 6.28. The Balaban J connectivity index is 1.39. The van der Waals surface area contributed by atoms with Gasteiger partial charge in [0, 0.05) is 20.5 Å². The largest absolute Gasteiger partial charge is 0.489 e. The van der Waals surface area contributed by atoms with Crippen molar-refractivity contribution in [3.63, 3.8) is 0 Å². The first-order chi connectivity index (χ1) is 16.6. The van der Waals surface area contributed by atoms with Gasteiger partial charge in [-0.1, -0.05) is 54.6 Å². The number of ether oxygens (including phenoxy) is 1. The minimum Gasteiger partial charge on any atom is -0.489 e. The number of hydrogen-bond acceptors (Lipinski definition) is 5. The molecule has 0 aliphatic rings. The Morgan fingerprint density at radius 2 is 1.65 bits per heavy atom. The van der Waals surface area contributed by atoms with E-state index in [1.54, 1.807) is 0 Å². The Hall–Kier alpha value is -3.70. The number of aromatic nitrogens is 2. The maximum absolute atomic E-state index is 6.07. The molecule has 5 heteroatoms. The summed E-state index contributed by atoms with van der Waals surface area (Å²) in [5.74, 6) is 1.58. The van der Waals surface area contributed by atoms with Crippen LogP contribution in [0.3, 0.4) is 0 Å². The molecule has 2 aromatic heterocycles. The maximum atomic E-state index is 6.07. The molecule has 0 aliphatic heterocycles. The third-order valence-electron chi connectivity index (χ3n) is 6.00. The third-order valence-corrected chi connectivity index (χ3v) is 7.30. The summed E-state index contributed by atoms with van der Waals surface area (Å²) in [5, 5.41) is 14.6. The zero-order valence-electron chi connectivity index (χ0n) is 19.6. The lowest BCUT2D eigenvalue weighted by Crippen LogP contribution is -2.08. The average Bonchev–Trinajstić information content (AvgIpc) is 3.36. The lowest BCUT2D eigenvalue weighted by molar-refractivity contribution is 0.306. The summed E-state index contributed by atoms with van der Waals surface area (Å²) < 4.78 is 6.07. The van der Waals surface area contributed by atoms with Gasteiger partial charge in [-0.05, 0) is 67.8 Å². The fraction of sp³-hybridized carbons (Fsp3) is 0.172. The van der Waals surface area contributed by atoms with Crippen molar-refractivity contribution in [3.05, 3.63) is 107 Å². The van der Waals surface area contributed by atoms with Crippen LogP contribution in [0.2, 0.25) is 0 Å². The second kappa shape index (κ2) is 9.65. The molecule has 3 aromatic carbocycles. The Bertz CT molecular complexity index is 1430. The number of nitrogens with one attached hydrogen (secondary N) is 1. The Labute approximate surface area is 204 Å². The average molecular weight is 466 g/mol. The molecule has 5 aromatic rings. The molecule has 0 aliphatic carbocycles. The molecule has 2 heterocycles. The zero-order valence-corrected chi connectivity index (χ0v) is 20.4. The minimum absolute atomic E-state index is 0.0943.